The normalized spacial score (nSPS) is 19.8. The van der Waals surface area contributed by atoms with Crippen molar-refractivity contribution in [2.75, 3.05) is 47.4 Å². The number of nitrogens with zero attached hydrogens (tertiary/aromatic N) is 6. The molecule has 0 amide bonds. The van der Waals surface area contributed by atoms with Gasteiger partial charge in [0.15, 0.2) is 0 Å². The van der Waals surface area contributed by atoms with Crippen LogP contribution in [0.25, 0.3) is 5.57 Å². The van der Waals surface area contributed by atoms with Gasteiger partial charge in [-0.05, 0) is 50.0 Å². The number of allylic oxidation sites excluding steroid dienone is 4. The van der Waals surface area contributed by atoms with E-state index < -0.39 is 11.7 Å². The van der Waals surface area contributed by atoms with E-state index in [4.69, 9.17) is 9.97 Å². The third-order valence-corrected chi connectivity index (χ3v) is 6.52. The number of piperidine rings is 1. The van der Waals surface area contributed by atoms with Crippen molar-refractivity contribution in [3.63, 3.8) is 0 Å². The predicted octanol–water partition coefficient (Wildman–Crippen LogP) is 5.65. The first-order valence-corrected chi connectivity index (χ1v) is 12.1. The van der Waals surface area contributed by atoms with Crippen LogP contribution in [0.15, 0.2) is 55.5 Å². The summed E-state index contributed by atoms with van der Waals surface area (Å²) >= 11 is 0. The first-order valence-electron chi connectivity index (χ1n) is 12.1. The maximum Gasteiger partial charge on any atom is 0.419 e. The number of pyridine rings is 1. The van der Waals surface area contributed by atoms with Gasteiger partial charge in [-0.25, -0.2) is 14.4 Å². The Kier molecular flexibility index (Phi) is 7.91. The van der Waals surface area contributed by atoms with Gasteiger partial charge in [-0.15, -0.1) is 0 Å². The topological polar surface area (TPSA) is 48.4 Å². The lowest BCUT2D eigenvalue weighted by Gasteiger charge is -2.42. The molecule has 0 radical (unpaired) electrons. The number of aromatic nitrogens is 3. The van der Waals surface area contributed by atoms with Gasteiger partial charge in [0.05, 0.1) is 17.6 Å². The molecular weight excluding hydrogens is 472 g/mol. The van der Waals surface area contributed by atoms with Gasteiger partial charge in [0.1, 0.15) is 11.6 Å². The fourth-order valence-corrected chi connectivity index (χ4v) is 4.71. The Balaban J connectivity index is 1.65. The molecule has 2 aliphatic heterocycles. The average molecular weight is 503 g/mol. The van der Waals surface area contributed by atoms with Gasteiger partial charge in [0.25, 0.3) is 0 Å². The Morgan fingerprint density at radius 3 is 2.53 bits per heavy atom. The fraction of sp³-hybridized carbons (Fsp3) is 0.423. The van der Waals surface area contributed by atoms with E-state index in [1.807, 2.05) is 13.0 Å². The summed E-state index contributed by atoms with van der Waals surface area (Å²) in [6.45, 7) is 8.68. The maximum atomic E-state index is 13.6. The smallest absolute Gasteiger partial charge is 0.352 e. The minimum atomic E-state index is -4.48. The van der Waals surface area contributed by atoms with Crippen molar-refractivity contribution < 1.29 is 17.6 Å². The highest BCUT2D eigenvalue weighted by Crippen LogP contribution is 2.36. The van der Waals surface area contributed by atoms with Gasteiger partial charge in [0.2, 0.25) is 5.95 Å². The molecule has 4 rings (SSSR count). The van der Waals surface area contributed by atoms with E-state index >= 15 is 0 Å². The second-order valence-corrected chi connectivity index (χ2v) is 8.96. The van der Waals surface area contributed by atoms with Crippen LogP contribution < -0.4 is 14.7 Å². The van der Waals surface area contributed by atoms with Gasteiger partial charge in [0, 0.05) is 51.0 Å². The van der Waals surface area contributed by atoms with Crippen LogP contribution in [-0.4, -0.2) is 53.7 Å². The van der Waals surface area contributed by atoms with Crippen LogP contribution in [0.3, 0.4) is 0 Å². The van der Waals surface area contributed by atoms with Crippen molar-refractivity contribution in [3.8, 4) is 0 Å². The second kappa shape index (κ2) is 11.1. The lowest BCUT2D eigenvalue weighted by Crippen LogP contribution is -2.53. The molecule has 1 atom stereocenters. The van der Waals surface area contributed by atoms with Crippen LogP contribution in [0.1, 0.15) is 37.4 Å². The summed E-state index contributed by atoms with van der Waals surface area (Å²) in [5.41, 5.74) is 0.539. The number of hydrogen-bond donors (Lipinski definition) is 0. The van der Waals surface area contributed by atoms with Gasteiger partial charge in [-0.3, -0.25) is 0 Å². The summed E-state index contributed by atoms with van der Waals surface area (Å²) in [6, 6.07) is 4.07. The first-order chi connectivity index (χ1) is 17.3. The Morgan fingerprint density at radius 2 is 1.86 bits per heavy atom. The zero-order valence-electron chi connectivity index (χ0n) is 20.3. The van der Waals surface area contributed by atoms with Crippen LogP contribution in [-0.2, 0) is 6.18 Å². The first kappa shape index (κ1) is 25.7. The molecule has 0 N–H and O–H groups in total. The van der Waals surface area contributed by atoms with Crippen LogP contribution in [0.4, 0.5) is 35.1 Å². The van der Waals surface area contributed by atoms with Crippen LogP contribution in [0, 0.1) is 0 Å². The molecule has 2 aromatic heterocycles. The standard InChI is InChI=1S/C26H30F4N6/c1-3-20(9-7-11-27)22-17-23(33-25(32-22)34-13-5-4-6-14-34)36-16-15-35(18-19(36)2)24-21(26(28,29)30)10-8-12-31-24/h3,7-12,17,19H,1,4-6,13-16,18H2,2H3/b11-7+,20-9+. The highest BCUT2D eigenvalue weighted by Gasteiger charge is 2.37. The minimum absolute atomic E-state index is 0.0521. The molecule has 2 fully saturated rings. The minimum Gasteiger partial charge on any atom is -0.352 e. The molecule has 0 spiro atoms. The van der Waals surface area contributed by atoms with E-state index in [-0.39, 0.29) is 11.9 Å². The van der Waals surface area contributed by atoms with E-state index in [0.717, 1.165) is 38.4 Å². The van der Waals surface area contributed by atoms with Crippen LogP contribution >= 0.6 is 0 Å². The zero-order valence-corrected chi connectivity index (χ0v) is 20.3. The number of alkyl halides is 3. The lowest BCUT2D eigenvalue weighted by molar-refractivity contribution is -0.137. The summed E-state index contributed by atoms with van der Waals surface area (Å²) < 4.78 is 53.4. The number of hydrogen-bond acceptors (Lipinski definition) is 6. The van der Waals surface area contributed by atoms with E-state index in [1.54, 1.807) is 17.1 Å². The Hall–Kier alpha value is -3.43. The quantitative estimate of drug-likeness (QED) is 0.376. The monoisotopic (exact) mass is 502 g/mol. The molecule has 2 saturated heterocycles. The van der Waals surface area contributed by atoms with Crippen molar-refractivity contribution in [2.24, 2.45) is 0 Å². The van der Waals surface area contributed by atoms with Gasteiger partial charge >= 0.3 is 6.18 Å². The van der Waals surface area contributed by atoms with E-state index in [1.165, 1.54) is 18.3 Å². The molecule has 6 nitrogen and oxygen atoms in total. The summed E-state index contributed by atoms with van der Waals surface area (Å²) in [4.78, 5) is 19.6. The van der Waals surface area contributed by atoms with Gasteiger partial charge < -0.3 is 14.7 Å². The Labute approximate surface area is 208 Å². The number of halogens is 4. The molecule has 2 aromatic rings. The van der Waals surface area contributed by atoms with Crippen molar-refractivity contribution in [1.29, 1.82) is 0 Å². The van der Waals surface area contributed by atoms with Crippen LogP contribution in [0.2, 0.25) is 0 Å². The fourth-order valence-electron chi connectivity index (χ4n) is 4.71. The predicted molar refractivity (Wildman–Crippen MR) is 135 cm³/mol. The van der Waals surface area contributed by atoms with Crippen molar-refractivity contribution in [3.05, 3.63) is 66.8 Å². The molecule has 1 unspecified atom stereocenters. The number of rotatable bonds is 6. The third kappa shape index (κ3) is 5.68. The molecule has 2 aliphatic rings. The molecule has 192 valence electrons. The highest BCUT2D eigenvalue weighted by molar-refractivity contribution is 5.74. The summed E-state index contributed by atoms with van der Waals surface area (Å²) in [5, 5.41) is 0. The molecule has 36 heavy (non-hydrogen) atoms. The van der Waals surface area contributed by atoms with Gasteiger partial charge in [-0.1, -0.05) is 18.7 Å². The molecule has 0 saturated carbocycles. The van der Waals surface area contributed by atoms with Crippen molar-refractivity contribution >= 4 is 23.2 Å². The van der Waals surface area contributed by atoms with Gasteiger partial charge in [-0.2, -0.15) is 18.2 Å². The SMILES string of the molecule is C=C/C(=C\C=C\F)c1cc(N2CCN(c3ncccc3C(F)(F)F)CC2C)nc(N2CCCCC2)n1. The summed E-state index contributed by atoms with van der Waals surface area (Å²) in [7, 11) is 0. The third-order valence-electron chi connectivity index (χ3n) is 6.52. The van der Waals surface area contributed by atoms with Crippen LogP contribution in [0.5, 0.6) is 0 Å². The summed E-state index contributed by atoms with van der Waals surface area (Å²) in [5.74, 6) is 1.23. The molecule has 0 bridgehead atoms. The van der Waals surface area contributed by atoms with E-state index in [2.05, 4.69) is 21.4 Å². The summed E-state index contributed by atoms with van der Waals surface area (Å²) in [6.07, 6.45) is 5.13. The molecule has 4 heterocycles. The second-order valence-electron chi connectivity index (χ2n) is 8.96. The number of anilines is 3. The van der Waals surface area contributed by atoms with E-state index in [9.17, 15) is 17.6 Å². The largest absolute Gasteiger partial charge is 0.419 e. The average Bonchev–Trinajstić information content (AvgIpc) is 2.89. The van der Waals surface area contributed by atoms with Crippen molar-refractivity contribution in [1.82, 2.24) is 15.0 Å². The van der Waals surface area contributed by atoms with E-state index in [0.29, 0.717) is 49.0 Å². The Bertz CT molecular complexity index is 1120. The molecular formula is C26H30F4N6. The molecule has 10 heteroatoms. The molecule has 0 aliphatic carbocycles. The zero-order chi connectivity index (χ0) is 25.7. The highest BCUT2D eigenvalue weighted by atomic mass is 19.4. The van der Waals surface area contributed by atoms with Crippen molar-refractivity contribution in [2.45, 2.75) is 38.4 Å². The number of piperazine rings is 1. The molecule has 0 aromatic carbocycles. The lowest BCUT2D eigenvalue weighted by atomic mass is 10.1. The Morgan fingerprint density at radius 1 is 1.08 bits per heavy atom. The maximum absolute atomic E-state index is 13.6.